The molecule has 0 radical (unpaired) electrons. The van der Waals surface area contributed by atoms with Crippen LogP contribution in [-0.4, -0.2) is 97.3 Å². The van der Waals surface area contributed by atoms with Gasteiger partial charge in [-0.05, 0) is 50.0 Å². The quantitative estimate of drug-likeness (QED) is 0.640. The van der Waals surface area contributed by atoms with E-state index in [1.807, 2.05) is 14.5 Å². The topological polar surface area (TPSA) is 87.5 Å². The van der Waals surface area contributed by atoms with Gasteiger partial charge in [-0.1, -0.05) is 11.8 Å². The maximum atomic E-state index is 12.8. The molecule has 154 valence electrons. The zero-order chi connectivity index (χ0) is 19.7. The Morgan fingerprint density at radius 1 is 1.14 bits per heavy atom. The van der Waals surface area contributed by atoms with E-state index in [2.05, 4.69) is 34.3 Å². The van der Waals surface area contributed by atoms with Crippen molar-refractivity contribution in [2.75, 3.05) is 38.5 Å². The first-order valence-electron chi connectivity index (χ1n) is 10.3. The summed E-state index contributed by atoms with van der Waals surface area (Å²) in [6.07, 6.45) is 4.21. The van der Waals surface area contributed by atoms with Crippen molar-refractivity contribution in [1.82, 2.24) is 34.9 Å². The van der Waals surface area contributed by atoms with E-state index in [9.17, 15) is 9.59 Å². The average Bonchev–Trinajstić information content (AvgIpc) is 3.44. The molecule has 0 spiro atoms. The first-order chi connectivity index (χ1) is 13.5. The Balaban J connectivity index is 1.26. The molecular formula is C18H29N7O2S. The molecule has 3 aliphatic rings. The maximum absolute atomic E-state index is 12.8. The molecule has 3 heterocycles. The lowest BCUT2D eigenvalue weighted by atomic mass is 10.0. The van der Waals surface area contributed by atoms with E-state index < -0.39 is 0 Å². The number of amides is 2. The van der Waals surface area contributed by atoms with Crippen LogP contribution in [0.25, 0.3) is 0 Å². The van der Waals surface area contributed by atoms with Crippen molar-refractivity contribution in [3.63, 3.8) is 0 Å². The van der Waals surface area contributed by atoms with E-state index in [0.29, 0.717) is 24.9 Å². The number of hydrogen-bond acceptors (Lipinski definition) is 7. The summed E-state index contributed by atoms with van der Waals surface area (Å²) < 4.78 is 1.84. The van der Waals surface area contributed by atoms with Gasteiger partial charge >= 0.3 is 0 Å². The Labute approximate surface area is 169 Å². The van der Waals surface area contributed by atoms with Gasteiger partial charge in [-0.2, -0.15) is 0 Å². The van der Waals surface area contributed by atoms with E-state index in [1.54, 1.807) is 0 Å². The fourth-order valence-electron chi connectivity index (χ4n) is 4.06. The number of tetrazole rings is 1. The predicted molar refractivity (Wildman–Crippen MR) is 105 cm³/mol. The molecular weight excluding hydrogens is 378 g/mol. The highest BCUT2D eigenvalue weighted by molar-refractivity contribution is 7.99. The monoisotopic (exact) mass is 407 g/mol. The van der Waals surface area contributed by atoms with Crippen LogP contribution in [0.1, 0.15) is 45.6 Å². The Morgan fingerprint density at radius 2 is 1.89 bits per heavy atom. The van der Waals surface area contributed by atoms with Crippen LogP contribution in [0.3, 0.4) is 0 Å². The molecule has 1 atom stereocenters. The third-order valence-electron chi connectivity index (χ3n) is 5.86. The number of nitrogens with zero attached hydrogens (tertiary/aromatic N) is 7. The van der Waals surface area contributed by atoms with Gasteiger partial charge in [0.15, 0.2) is 0 Å². The molecule has 1 aliphatic carbocycles. The van der Waals surface area contributed by atoms with Crippen molar-refractivity contribution in [3.05, 3.63) is 0 Å². The summed E-state index contributed by atoms with van der Waals surface area (Å²) in [5.74, 6) is 0.730. The lowest BCUT2D eigenvalue weighted by Crippen LogP contribution is -2.59. The van der Waals surface area contributed by atoms with E-state index in [-0.39, 0.29) is 23.9 Å². The third-order valence-corrected chi connectivity index (χ3v) is 6.77. The summed E-state index contributed by atoms with van der Waals surface area (Å²) in [5, 5.41) is 12.5. The standard InChI is InChI=1S/C18H29N7O2S/c1-13(2)24-7-3-4-15(17(24)27)22-8-10-23(11-9-22)16(26)12-28-18-19-20-21-25(18)14-5-6-14/h13-15H,3-12H2,1-2H3/t15-/m1/s1. The van der Waals surface area contributed by atoms with Crippen molar-refractivity contribution in [2.45, 2.75) is 62.8 Å². The molecule has 2 amide bonds. The van der Waals surface area contributed by atoms with Gasteiger partial charge in [-0.15, -0.1) is 5.10 Å². The first-order valence-corrected chi connectivity index (χ1v) is 11.3. The van der Waals surface area contributed by atoms with Crippen LogP contribution in [0.15, 0.2) is 5.16 Å². The molecule has 0 aromatic carbocycles. The summed E-state index contributed by atoms with van der Waals surface area (Å²) >= 11 is 1.42. The van der Waals surface area contributed by atoms with Crippen LogP contribution >= 0.6 is 11.8 Å². The number of likely N-dealkylation sites (tertiary alicyclic amines) is 1. The number of aromatic nitrogens is 4. The van der Waals surface area contributed by atoms with Crippen LogP contribution in [0, 0.1) is 0 Å². The molecule has 2 aliphatic heterocycles. The Hall–Kier alpha value is -1.68. The highest BCUT2D eigenvalue weighted by atomic mass is 32.2. The minimum atomic E-state index is -0.0223. The maximum Gasteiger partial charge on any atom is 0.240 e. The number of piperazine rings is 1. The Kier molecular flexibility index (Phi) is 5.86. The van der Waals surface area contributed by atoms with Crippen molar-refractivity contribution in [2.24, 2.45) is 0 Å². The fraction of sp³-hybridized carbons (Fsp3) is 0.833. The van der Waals surface area contributed by atoms with Gasteiger partial charge in [-0.3, -0.25) is 14.5 Å². The van der Waals surface area contributed by atoms with E-state index in [4.69, 9.17) is 0 Å². The Morgan fingerprint density at radius 3 is 2.57 bits per heavy atom. The summed E-state index contributed by atoms with van der Waals surface area (Å²) in [4.78, 5) is 31.6. The second-order valence-electron chi connectivity index (χ2n) is 8.13. The van der Waals surface area contributed by atoms with Gasteiger partial charge in [0.05, 0.1) is 17.8 Å². The molecule has 1 aromatic rings. The summed E-state index contributed by atoms with van der Waals surface area (Å²) in [6, 6.07) is 0.642. The average molecular weight is 408 g/mol. The number of carbonyl (C=O) groups is 2. The van der Waals surface area contributed by atoms with Gasteiger partial charge < -0.3 is 9.80 Å². The molecule has 1 aromatic heterocycles. The molecule has 10 heteroatoms. The molecule has 0 unspecified atom stereocenters. The van der Waals surface area contributed by atoms with Crippen LogP contribution in [-0.2, 0) is 9.59 Å². The summed E-state index contributed by atoms with van der Waals surface area (Å²) in [6.45, 7) is 7.90. The lowest BCUT2D eigenvalue weighted by Gasteiger charge is -2.43. The van der Waals surface area contributed by atoms with Gasteiger partial charge in [-0.25, -0.2) is 4.68 Å². The van der Waals surface area contributed by atoms with E-state index in [1.165, 1.54) is 11.8 Å². The van der Waals surface area contributed by atoms with Crippen LogP contribution in [0.5, 0.6) is 0 Å². The Bertz CT molecular complexity index is 713. The van der Waals surface area contributed by atoms with Crippen molar-refractivity contribution in [3.8, 4) is 0 Å². The summed E-state index contributed by atoms with van der Waals surface area (Å²) in [7, 11) is 0. The van der Waals surface area contributed by atoms with E-state index >= 15 is 0 Å². The number of carbonyl (C=O) groups excluding carboxylic acids is 2. The minimum Gasteiger partial charge on any atom is -0.339 e. The second-order valence-corrected chi connectivity index (χ2v) is 9.07. The van der Waals surface area contributed by atoms with Gasteiger partial charge in [0.2, 0.25) is 17.0 Å². The molecule has 9 nitrogen and oxygen atoms in total. The zero-order valence-electron chi connectivity index (χ0n) is 16.7. The number of hydrogen-bond donors (Lipinski definition) is 0. The van der Waals surface area contributed by atoms with Crippen molar-refractivity contribution in [1.29, 1.82) is 0 Å². The fourth-order valence-corrected chi connectivity index (χ4v) is 4.91. The SMILES string of the molecule is CC(C)N1CCC[C@@H](N2CCN(C(=O)CSc3nnnn3C3CC3)CC2)C1=O. The highest BCUT2D eigenvalue weighted by Crippen LogP contribution is 2.36. The molecule has 3 fully saturated rings. The van der Waals surface area contributed by atoms with Gasteiger partial charge in [0.25, 0.3) is 0 Å². The molecule has 0 N–H and O–H groups in total. The first kappa shape index (κ1) is 19.6. The molecule has 28 heavy (non-hydrogen) atoms. The normalized spacial score (nSPS) is 24.2. The predicted octanol–water partition coefficient (Wildman–Crippen LogP) is 0.644. The largest absolute Gasteiger partial charge is 0.339 e. The minimum absolute atomic E-state index is 0.0223. The van der Waals surface area contributed by atoms with Crippen molar-refractivity contribution < 1.29 is 9.59 Å². The molecule has 4 rings (SSSR count). The molecule has 0 bridgehead atoms. The lowest BCUT2D eigenvalue weighted by molar-refractivity contribution is -0.143. The molecule has 2 saturated heterocycles. The van der Waals surface area contributed by atoms with Crippen LogP contribution in [0.4, 0.5) is 0 Å². The van der Waals surface area contributed by atoms with Crippen molar-refractivity contribution >= 4 is 23.6 Å². The highest BCUT2D eigenvalue weighted by Gasteiger charge is 2.36. The number of thioether (sulfide) groups is 1. The van der Waals surface area contributed by atoms with Gasteiger partial charge in [0, 0.05) is 38.8 Å². The van der Waals surface area contributed by atoms with Gasteiger partial charge in [0.1, 0.15) is 0 Å². The number of rotatable bonds is 6. The summed E-state index contributed by atoms with van der Waals surface area (Å²) in [5.41, 5.74) is 0. The van der Waals surface area contributed by atoms with E-state index in [0.717, 1.165) is 50.5 Å². The smallest absolute Gasteiger partial charge is 0.240 e. The van der Waals surface area contributed by atoms with Crippen LogP contribution < -0.4 is 0 Å². The molecule has 1 saturated carbocycles. The number of piperidine rings is 1. The second kappa shape index (κ2) is 8.36. The van der Waals surface area contributed by atoms with Crippen LogP contribution in [0.2, 0.25) is 0 Å². The zero-order valence-corrected chi connectivity index (χ0v) is 17.5. The third kappa shape index (κ3) is 4.17.